The van der Waals surface area contributed by atoms with E-state index in [1.807, 2.05) is 0 Å². The number of aryl methyl sites for hydroxylation is 2. The van der Waals surface area contributed by atoms with E-state index < -0.39 is 0 Å². The predicted octanol–water partition coefficient (Wildman–Crippen LogP) is 0.760. The largest absolute Gasteiger partial charge is 0.314 e. The molecule has 0 aliphatic carbocycles. The summed E-state index contributed by atoms with van der Waals surface area (Å²) in [4.78, 5) is 4.52. The van der Waals surface area contributed by atoms with Gasteiger partial charge in [-0.25, -0.2) is 0 Å². The van der Waals surface area contributed by atoms with E-state index in [9.17, 15) is 0 Å². The van der Waals surface area contributed by atoms with E-state index in [1.165, 1.54) is 5.56 Å². The summed E-state index contributed by atoms with van der Waals surface area (Å²) in [6.07, 6.45) is 0. The van der Waals surface area contributed by atoms with E-state index in [0.717, 1.165) is 31.0 Å². The third kappa shape index (κ3) is 2.11. The molecule has 2 rings (SSSR count). The van der Waals surface area contributed by atoms with Crippen molar-refractivity contribution in [3.05, 3.63) is 29.1 Å². The Labute approximate surface area is 84.9 Å². The summed E-state index contributed by atoms with van der Waals surface area (Å²) in [5.41, 5.74) is 3.54. The van der Waals surface area contributed by atoms with E-state index in [-0.39, 0.29) is 0 Å². The van der Waals surface area contributed by atoms with Gasteiger partial charge in [0.25, 0.3) is 0 Å². The maximum atomic E-state index is 4.52. The number of pyridine rings is 1. The lowest BCUT2D eigenvalue weighted by Gasteiger charge is -2.28. The van der Waals surface area contributed by atoms with Gasteiger partial charge in [-0.05, 0) is 25.5 Å². The van der Waals surface area contributed by atoms with Crippen molar-refractivity contribution in [1.82, 2.24) is 15.6 Å². The first kappa shape index (κ1) is 9.62. The zero-order valence-corrected chi connectivity index (χ0v) is 8.80. The van der Waals surface area contributed by atoms with Crippen LogP contribution >= 0.6 is 0 Å². The third-order valence-electron chi connectivity index (χ3n) is 2.76. The molecule has 2 N–H and O–H groups in total. The van der Waals surface area contributed by atoms with Crippen LogP contribution in [0.3, 0.4) is 0 Å². The molecule has 0 radical (unpaired) electrons. The molecule has 3 heteroatoms. The van der Waals surface area contributed by atoms with Gasteiger partial charge in [-0.2, -0.15) is 0 Å². The van der Waals surface area contributed by atoms with Gasteiger partial charge in [0, 0.05) is 31.4 Å². The molecule has 14 heavy (non-hydrogen) atoms. The molecule has 2 heterocycles. The normalized spacial score (nSPS) is 16.7. The van der Waals surface area contributed by atoms with E-state index in [0.29, 0.717) is 6.04 Å². The number of hydrogen-bond donors (Lipinski definition) is 2. The molecule has 0 amide bonds. The second kappa shape index (κ2) is 4.07. The van der Waals surface area contributed by atoms with Crippen LogP contribution in [0.4, 0.5) is 0 Å². The summed E-state index contributed by atoms with van der Waals surface area (Å²) in [6.45, 7) is 7.21. The van der Waals surface area contributed by atoms with Crippen LogP contribution in [-0.2, 0) is 6.54 Å². The molecule has 1 aliphatic heterocycles. The number of nitrogens with zero attached hydrogens (tertiary/aromatic N) is 1. The quantitative estimate of drug-likeness (QED) is 0.740. The van der Waals surface area contributed by atoms with Crippen molar-refractivity contribution < 1.29 is 0 Å². The highest BCUT2D eigenvalue weighted by Crippen LogP contribution is 2.05. The van der Waals surface area contributed by atoms with Crippen molar-refractivity contribution in [3.8, 4) is 0 Å². The van der Waals surface area contributed by atoms with E-state index >= 15 is 0 Å². The Morgan fingerprint density at radius 2 is 2.21 bits per heavy atom. The zero-order chi connectivity index (χ0) is 9.97. The Hall–Kier alpha value is -0.930. The highest BCUT2D eigenvalue weighted by molar-refractivity contribution is 5.20. The Morgan fingerprint density at radius 1 is 1.43 bits per heavy atom. The first-order valence-corrected chi connectivity index (χ1v) is 5.13. The highest BCUT2D eigenvalue weighted by atomic mass is 15.1. The molecule has 0 spiro atoms. The molecule has 0 aromatic carbocycles. The van der Waals surface area contributed by atoms with Crippen LogP contribution in [0, 0.1) is 13.8 Å². The van der Waals surface area contributed by atoms with Crippen LogP contribution in [0.25, 0.3) is 0 Å². The smallest absolute Gasteiger partial charge is 0.0545 e. The fourth-order valence-electron chi connectivity index (χ4n) is 1.46. The van der Waals surface area contributed by atoms with Crippen LogP contribution < -0.4 is 10.6 Å². The molecule has 1 aromatic rings. The Bertz CT molecular complexity index is 318. The molecule has 1 saturated heterocycles. The molecular weight excluding hydrogens is 174 g/mol. The number of hydrogen-bond acceptors (Lipinski definition) is 3. The van der Waals surface area contributed by atoms with Crippen LogP contribution in [0.5, 0.6) is 0 Å². The van der Waals surface area contributed by atoms with Crippen molar-refractivity contribution in [1.29, 1.82) is 0 Å². The summed E-state index contributed by atoms with van der Waals surface area (Å²) in [5.74, 6) is 0. The molecule has 1 aromatic heterocycles. The number of nitrogens with one attached hydrogen (secondary N) is 2. The molecule has 76 valence electrons. The van der Waals surface area contributed by atoms with Gasteiger partial charge in [0.2, 0.25) is 0 Å². The molecule has 3 nitrogen and oxygen atoms in total. The van der Waals surface area contributed by atoms with Crippen LogP contribution in [0.15, 0.2) is 12.1 Å². The van der Waals surface area contributed by atoms with Gasteiger partial charge < -0.3 is 10.6 Å². The first-order chi connectivity index (χ1) is 6.75. The second-order valence-electron chi connectivity index (χ2n) is 3.94. The number of aromatic nitrogens is 1. The van der Waals surface area contributed by atoms with Gasteiger partial charge in [0.05, 0.1) is 5.69 Å². The van der Waals surface area contributed by atoms with Crippen LogP contribution in [0.1, 0.15) is 17.0 Å². The number of rotatable bonds is 3. The average molecular weight is 191 g/mol. The topological polar surface area (TPSA) is 37.0 Å². The Kier molecular flexibility index (Phi) is 2.79. The fourth-order valence-corrected chi connectivity index (χ4v) is 1.46. The van der Waals surface area contributed by atoms with Crippen molar-refractivity contribution in [2.75, 3.05) is 13.1 Å². The second-order valence-corrected chi connectivity index (χ2v) is 3.94. The Balaban J connectivity index is 1.91. The minimum Gasteiger partial charge on any atom is -0.314 e. The lowest BCUT2D eigenvalue weighted by molar-refractivity contribution is 0.364. The van der Waals surface area contributed by atoms with Crippen molar-refractivity contribution >= 4 is 0 Å². The van der Waals surface area contributed by atoms with Crippen molar-refractivity contribution in [3.63, 3.8) is 0 Å². The Morgan fingerprint density at radius 3 is 2.79 bits per heavy atom. The SMILES string of the molecule is Cc1ccc(CNC2CNC2)nc1C. The van der Waals surface area contributed by atoms with Gasteiger partial charge in [-0.1, -0.05) is 6.07 Å². The summed E-state index contributed by atoms with van der Waals surface area (Å²) in [6, 6.07) is 4.87. The maximum Gasteiger partial charge on any atom is 0.0545 e. The lowest BCUT2D eigenvalue weighted by Crippen LogP contribution is -2.55. The van der Waals surface area contributed by atoms with Gasteiger partial charge in [0.15, 0.2) is 0 Å². The first-order valence-electron chi connectivity index (χ1n) is 5.13. The van der Waals surface area contributed by atoms with Crippen LogP contribution in [0.2, 0.25) is 0 Å². The lowest BCUT2D eigenvalue weighted by atomic mass is 10.1. The van der Waals surface area contributed by atoms with Gasteiger partial charge in [-0.15, -0.1) is 0 Å². The van der Waals surface area contributed by atoms with Gasteiger partial charge >= 0.3 is 0 Å². The molecular formula is C11H17N3. The molecule has 0 unspecified atom stereocenters. The van der Waals surface area contributed by atoms with E-state index in [4.69, 9.17) is 0 Å². The molecule has 0 saturated carbocycles. The molecule has 1 fully saturated rings. The monoisotopic (exact) mass is 191 g/mol. The van der Waals surface area contributed by atoms with Gasteiger partial charge in [0.1, 0.15) is 0 Å². The zero-order valence-electron chi connectivity index (χ0n) is 8.80. The van der Waals surface area contributed by atoms with Crippen LogP contribution in [-0.4, -0.2) is 24.1 Å². The summed E-state index contributed by atoms with van der Waals surface area (Å²) >= 11 is 0. The fraction of sp³-hybridized carbons (Fsp3) is 0.545. The summed E-state index contributed by atoms with van der Waals surface area (Å²) in [7, 11) is 0. The average Bonchev–Trinajstić information content (AvgIpc) is 2.08. The molecule has 0 bridgehead atoms. The van der Waals surface area contributed by atoms with Gasteiger partial charge in [-0.3, -0.25) is 4.98 Å². The van der Waals surface area contributed by atoms with Crippen molar-refractivity contribution in [2.45, 2.75) is 26.4 Å². The minimum atomic E-state index is 0.637. The highest BCUT2D eigenvalue weighted by Gasteiger charge is 2.15. The standard InChI is InChI=1S/C11H17N3/c1-8-3-4-10(14-9(8)2)7-13-11-5-12-6-11/h3-4,11-13H,5-7H2,1-2H3. The predicted molar refractivity (Wildman–Crippen MR) is 57.2 cm³/mol. The summed E-state index contributed by atoms with van der Waals surface area (Å²) in [5, 5.41) is 6.69. The van der Waals surface area contributed by atoms with E-state index in [2.05, 4.69) is 41.6 Å². The molecule has 0 atom stereocenters. The minimum absolute atomic E-state index is 0.637. The van der Waals surface area contributed by atoms with Crippen molar-refractivity contribution in [2.24, 2.45) is 0 Å². The summed E-state index contributed by atoms with van der Waals surface area (Å²) < 4.78 is 0. The molecule has 1 aliphatic rings. The maximum absolute atomic E-state index is 4.52. The van der Waals surface area contributed by atoms with E-state index in [1.54, 1.807) is 0 Å². The third-order valence-corrected chi connectivity index (χ3v) is 2.76.